The fourth-order valence-electron chi connectivity index (χ4n) is 2.00. The minimum atomic E-state index is -1.09. The van der Waals surface area contributed by atoms with E-state index < -0.39 is 12.5 Å². The van der Waals surface area contributed by atoms with Crippen molar-refractivity contribution in [2.75, 3.05) is 12.3 Å². The molecule has 0 bridgehead atoms. The largest absolute Gasteiger partial charge is 0.480 e. The van der Waals surface area contributed by atoms with E-state index in [2.05, 4.69) is 16.4 Å². The number of carbonyl (C=O) groups excluding carboxylic acids is 1. The topological polar surface area (TPSA) is 103 Å². The average Bonchev–Trinajstić information content (AvgIpc) is 2.88. The van der Waals surface area contributed by atoms with Crippen molar-refractivity contribution in [2.45, 2.75) is 24.3 Å². The van der Waals surface area contributed by atoms with Gasteiger partial charge in [-0.25, -0.2) is 4.98 Å². The summed E-state index contributed by atoms with van der Waals surface area (Å²) in [6.07, 6.45) is 2.89. The highest BCUT2D eigenvalue weighted by atomic mass is 32.2. The number of fused-ring (bicyclic) bond motifs is 1. The molecule has 1 aliphatic rings. The third kappa shape index (κ3) is 3.48. The Balaban J connectivity index is 2.01. The second kappa shape index (κ2) is 6.39. The number of aliphatic carboxylic acids is 1. The summed E-state index contributed by atoms with van der Waals surface area (Å²) in [7, 11) is 0. The molecule has 0 aromatic carbocycles. The van der Waals surface area contributed by atoms with Gasteiger partial charge in [-0.15, -0.1) is 0 Å². The SMILES string of the molecule is N#Cc1cc2c(nc1SCC(=O)NCC(=O)O)CCC2. The molecule has 2 N–H and O–H groups in total. The molecule has 0 saturated heterocycles. The van der Waals surface area contributed by atoms with Crippen LogP contribution < -0.4 is 5.32 Å². The van der Waals surface area contributed by atoms with Gasteiger partial charge < -0.3 is 10.4 Å². The lowest BCUT2D eigenvalue weighted by Gasteiger charge is -2.06. The van der Waals surface area contributed by atoms with Crippen molar-refractivity contribution in [3.63, 3.8) is 0 Å². The van der Waals surface area contributed by atoms with E-state index >= 15 is 0 Å². The Kier molecular flexibility index (Phi) is 4.58. The molecule has 104 valence electrons. The minimum absolute atomic E-state index is 0.0494. The van der Waals surface area contributed by atoms with Gasteiger partial charge in [0.05, 0.1) is 11.3 Å². The van der Waals surface area contributed by atoms with Gasteiger partial charge in [0, 0.05) is 5.69 Å². The molecule has 6 nitrogen and oxygen atoms in total. The summed E-state index contributed by atoms with van der Waals surface area (Å²) in [5.74, 6) is -1.42. The number of carboxylic acids is 1. The molecule has 2 rings (SSSR count). The summed E-state index contributed by atoms with van der Waals surface area (Å²) in [6.45, 7) is -0.401. The minimum Gasteiger partial charge on any atom is -0.480 e. The molecule has 1 aromatic heterocycles. The summed E-state index contributed by atoms with van der Waals surface area (Å²) in [6, 6.07) is 3.93. The van der Waals surface area contributed by atoms with Crippen LogP contribution in [0.1, 0.15) is 23.2 Å². The van der Waals surface area contributed by atoms with Gasteiger partial charge in [0.2, 0.25) is 5.91 Å². The van der Waals surface area contributed by atoms with Crippen molar-refractivity contribution < 1.29 is 14.7 Å². The highest BCUT2D eigenvalue weighted by Gasteiger charge is 2.17. The standard InChI is InChI=1S/C13H13N3O3S/c14-5-9-4-8-2-1-3-10(8)16-13(9)20-7-11(17)15-6-12(18)19/h4H,1-3,6-7H2,(H,15,17)(H,18,19). The van der Waals surface area contributed by atoms with Crippen LogP contribution in [0.5, 0.6) is 0 Å². The molecule has 0 aliphatic heterocycles. The molecule has 0 unspecified atom stereocenters. The molecule has 0 saturated carbocycles. The van der Waals surface area contributed by atoms with Gasteiger partial charge in [0.15, 0.2) is 0 Å². The van der Waals surface area contributed by atoms with E-state index in [1.54, 1.807) is 0 Å². The van der Waals surface area contributed by atoms with Crippen LogP contribution in [0.4, 0.5) is 0 Å². The van der Waals surface area contributed by atoms with Crippen LogP contribution in [0.2, 0.25) is 0 Å². The number of pyridine rings is 1. The van der Waals surface area contributed by atoms with Crippen molar-refractivity contribution in [2.24, 2.45) is 0 Å². The number of nitriles is 1. The number of aryl methyl sites for hydroxylation is 2. The van der Waals surface area contributed by atoms with Gasteiger partial charge >= 0.3 is 5.97 Å². The lowest BCUT2D eigenvalue weighted by molar-refractivity contribution is -0.137. The molecule has 1 aromatic rings. The molecular formula is C13H13N3O3S. The van der Waals surface area contributed by atoms with Crippen LogP contribution >= 0.6 is 11.8 Å². The molecule has 0 atom stereocenters. The maximum absolute atomic E-state index is 11.4. The Morgan fingerprint density at radius 3 is 3.00 bits per heavy atom. The molecule has 0 fully saturated rings. The van der Waals surface area contributed by atoms with Gasteiger partial charge in [-0.1, -0.05) is 11.8 Å². The van der Waals surface area contributed by atoms with Gasteiger partial charge in [0.1, 0.15) is 17.6 Å². The van der Waals surface area contributed by atoms with Gasteiger partial charge in [0.25, 0.3) is 0 Å². The molecule has 0 spiro atoms. The Morgan fingerprint density at radius 1 is 1.50 bits per heavy atom. The molecule has 1 aliphatic carbocycles. The van der Waals surface area contributed by atoms with E-state index in [4.69, 9.17) is 10.4 Å². The maximum Gasteiger partial charge on any atom is 0.322 e. The predicted molar refractivity (Wildman–Crippen MR) is 72.3 cm³/mol. The molecule has 1 heterocycles. The monoisotopic (exact) mass is 291 g/mol. The molecule has 0 radical (unpaired) electrons. The lowest BCUT2D eigenvalue weighted by Crippen LogP contribution is -2.30. The Labute approximate surface area is 120 Å². The number of amides is 1. The van der Waals surface area contributed by atoms with E-state index in [1.807, 2.05) is 6.07 Å². The molecule has 20 heavy (non-hydrogen) atoms. The van der Waals surface area contributed by atoms with E-state index in [0.29, 0.717) is 10.6 Å². The zero-order chi connectivity index (χ0) is 14.5. The average molecular weight is 291 g/mol. The fourth-order valence-corrected chi connectivity index (χ4v) is 2.81. The highest BCUT2D eigenvalue weighted by Crippen LogP contribution is 2.27. The first-order valence-corrected chi connectivity index (χ1v) is 7.13. The Morgan fingerprint density at radius 2 is 2.30 bits per heavy atom. The Bertz CT molecular complexity index is 595. The zero-order valence-corrected chi connectivity index (χ0v) is 11.5. The number of nitrogens with zero attached hydrogens (tertiary/aromatic N) is 2. The van der Waals surface area contributed by atoms with Crippen LogP contribution in [0.15, 0.2) is 11.1 Å². The molecular weight excluding hydrogens is 278 g/mol. The van der Waals surface area contributed by atoms with Crippen molar-refractivity contribution in [3.05, 3.63) is 22.9 Å². The van der Waals surface area contributed by atoms with Crippen LogP contribution in [0.3, 0.4) is 0 Å². The summed E-state index contributed by atoms with van der Waals surface area (Å²) in [4.78, 5) is 26.2. The number of rotatable bonds is 5. The number of carboxylic acid groups (broad SMARTS) is 1. The van der Waals surface area contributed by atoms with E-state index in [9.17, 15) is 9.59 Å². The first-order chi connectivity index (χ1) is 9.60. The second-order valence-corrected chi connectivity index (χ2v) is 5.34. The zero-order valence-electron chi connectivity index (χ0n) is 10.7. The van der Waals surface area contributed by atoms with Gasteiger partial charge in [-0.2, -0.15) is 5.26 Å². The maximum atomic E-state index is 11.4. The van der Waals surface area contributed by atoms with Gasteiger partial charge in [-0.3, -0.25) is 9.59 Å². The van der Waals surface area contributed by atoms with Crippen molar-refractivity contribution in [3.8, 4) is 6.07 Å². The summed E-state index contributed by atoms with van der Waals surface area (Å²) in [5, 5.41) is 20.4. The second-order valence-electron chi connectivity index (χ2n) is 4.37. The number of thioether (sulfide) groups is 1. The third-order valence-corrected chi connectivity index (χ3v) is 3.90. The molecule has 7 heteroatoms. The van der Waals surface area contributed by atoms with Crippen molar-refractivity contribution in [1.82, 2.24) is 10.3 Å². The lowest BCUT2D eigenvalue weighted by atomic mass is 10.2. The number of hydrogen-bond donors (Lipinski definition) is 2. The van der Waals surface area contributed by atoms with Crippen LogP contribution in [-0.4, -0.2) is 34.3 Å². The summed E-state index contributed by atoms with van der Waals surface area (Å²) < 4.78 is 0. The fraction of sp³-hybridized carbons (Fsp3) is 0.385. The van der Waals surface area contributed by atoms with Crippen LogP contribution in [0.25, 0.3) is 0 Å². The highest BCUT2D eigenvalue weighted by molar-refractivity contribution is 8.00. The summed E-state index contributed by atoms with van der Waals surface area (Å²) in [5.41, 5.74) is 2.58. The molecule has 1 amide bonds. The normalized spacial score (nSPS) is 12.6. The van der Waals surface area contributed by atoms with E-state index in [0.717, 1.165) is 42.3 Å². The first kappa shape index (κ1) is 14.3. The van der Waals surface area contributed by atoms with Crippen molar-refractivity contribution >= 4 is 23.6 Å². The smallest absolute Gasteiger partial charge is 0.322 e. The quantitative estimate of drug-likeness (QED) is 0.775. The number of carbonyl (C=O) groups is 2. The third-order valence-electron chi connectivity index (χ3n) is 2.91. The number of nitrogens with one attached hydrogen (secondary N) is 1. The predicted octanol–water partition coefficient (Wildman–Crippen LogP) is 0.735. The van der Waals surface area contributed by atoms with E-state index in [-0.39, 0.29) is 11.7 Å². The Hall–Kier alpha value is -2.07. The number of aromatic nitrogens is 1. The first-order valence-electron chi connectivity index (χ1n) is 6.14. The summed E-state index contributed by atoms with van der Waals surface area (Å²) >= 11 is 1.16. The van der Waals surface area contributed by atoms with Crippen LogP contribution in [-0.2, 0) is 22.4 Å². The van der Waals surface area contributed by atoms with E-state index in [1.165, 1.54) is 0 Å². The van der Waals surface area contributed by atoms with Crippen LogP contribution in [0, 0.1) is 11.3 Å². The number of hydrogen-bond acceptors (Lipinski definition) is 5. The van der Waals surface area contributed by atoms with Crippen molar-refractivity contribution in [1.29, 1.82) is 5.26 Å². The van der Waals surface area contributed by atoms with Gasteiger partial charge in [-0.05, 0) is 30.9 Å².